The standard InChI is InChI=1S/C12H24N2O/c1-8-6-10(8)7-13-9(2)11(15)14-12(3,4)5/h8-10,13H,6-7H2,1-5H3,(H,14,15). The molecule has 1 saturated carbocycles. The average Bonchev–Trinajstić information content (AvgIpc) is 2.74. The highest BCUT2D eigenvalue weighted by Gasteiger charge is 2.32. The summed E-state index contributed by atoms with van der Waals surface area (Å²) in [6.45, 7) is 11.2. The molecular weight excluding hydrogens is 188 g/mol. The van der Waals surface area contributed by atoms with Crippen molar-refractivity contribution in [2.45, 2.75) is 52.6 Å². The molecule has 1 rings (SSSR count). The van der Waals surface area contributed by atoms with E-state index in [1.54, 1.807) is 0 Å². The highest BCUT2D eigenvalue weighted by atomic mass is 16.2. The summed E-state index contributed by atoms with van der Waals surface area (Å²) >= 11 is 0. The molecule has 3 nitrogen and oxygen atoms in total. The number of carbonyl (C=O) groups is 1. The van der Waals surface area contributed by atoms with Crippen molar-refractivity contribution < 1.29 is 4.79 Å². The van der Waals surface area contributed by atoms with Gasteiger partial charge < -0.3 is 10.6 Å². The van der Waals surface area contributed by atoms with Crippen LogP contribution >= 0.6 is 0 Å². The average molecular weight is 212 g/mol. The van der Waals surface area contributed by atoms with Gasteiger partial charge in [-0.25, -0.2) is 0 Å². The lowest BCUT2D eigenvalue weighted by molar-refractivity contribution is -0.124. The van der Waals surface area contributed by atoms with E-state index in [0.717, 1.165) is 18.4 Å². The summed E-state index contributed by atoms with van der Waals surface area (Å²) in [7, 11) is 0. The van der Waals surface area contributed by atoms with Gasteiger partial charge in [0.05, 0.1) is 6.04 Å². The van der Waals surface area contributed by atoms with E-state index in [0.29, 0.717) is 0 Å². The summed E-state index contributed by atoms with van der Waals surface area (Å²) < 4.78 is 0. The summed E-state index contributed by atoms with van der Waals surface area (Å²) in [6.07, 6.45) is 1.31. The second-order valence-corrected chi connectivity index (χ2v) is 5.84. The van der Waals surface area contributed by atoms with E-state index >= 15 is 0 Å². The summed E-state index contributed by atoms with van der Waals surface area (Å²) in [6, 6.07) is -0.0861. The van der Waals surface area contributed by atoms with Gasteiger partial charge in [0.2, 0.25) is 5.91 Å². The molecule has 0 aromatic heterocycles. The zero-order valence-corrected chi connectivity index (χ0v) is 10.6. The topological polar surface area (TPSA) is 41.1 Å². The Bertz CT molecular complexity index is 232. The summed E-state index contributed by atoms with van der Waals surface area (Å²) in [4.78, 5) is 11.7. The minimum absolute atomic E-state index is 0.0861. The van der Waals surface area contributed by atoms with E-state index in [2.05, 4.69) is 17.6 Å². The van der Waals surface area contributed by atoms with E-state index in [4.69, 9.17) is 0 Å². The molecule has 3 atom stereocenters. The number of rotatable bonds is 4. The predicted molar refractivity (Wildman–Crippen MR) is 62.6 cm³/mol. The number of amides is 1. The first-order valence-electron chi connectivity index (χ1n) is 5.85. The summed E-state index contributed by atoms with van der Waals surface area (Å²) in [5.41, 5.74) is -0.139. The summed E-state index contributed by atoms with van der Waals surface area (Å²) in [5.74, 6) is 1.72. The monoisotopic (exact) mass is 212 g/mol. The first-order chi connectivity index (χ1) is 6.79. The van der Waals surface area contributed by atoms with Crippen LogP contribution in [0.25, 0.3) is 0 Å². The molecule has 15 heavy (non-hydrogen) atoms. The number of carbonyl (C=O) groups excluding carboxylic acids is 1. The maximum Gasteiger partial charge on any atom is 0.237 e. The zero-order valence-electron chi connectivity index (χ0n) is 10.6. The van der Waals surface area contributed by atoms with Crippen molar-refractivity contribution in [3.8, 4) is 0 Å². The molecule has 1 amide bonds. The summed E-state index contributed by atoms with van der Waals surface area (Å²) in [5, 5.41) is 6.26. The molecule has 3 unspecified atom stereocenters. The Morgan fingerprint density at radius 3 is 2.40 bits per heavy atom. The molecule has 0 saturated heterocycles. The largest absolute Gasteiger partial charge is 0.350 e. The van der Waals surface area contributed by atoms with Crippen LogP contribution in [0.3, 0.4) is 0 Å². The zero-order chi connectivity index (χ0) is 11.6. The van der Waals surface area contributed by atoms with Gasteiger partial charge in [0, 0.05) is 5.54 Å². The third-order valence-electron chi connectivity index (χ3n) is 2.85. The van der Waals surface area contributed by atoms with Gasteiger partial charge in [-0.15, -0.1) is 0 Å². The number of nitrogens with one attached hydrogen (secondary N) is 2. The Kier molecular flexibility index (Phi) is 3.77. The van der Waals surface area contributed by atoms with E-state index < -0.39 is 0 Å². The quantitative estimate of drug-likeness (QED) is 0.742. The van der Waals surface area contributed by atoms with Gasteiger partial charge in [0.25, 0.3) is 0 Å². The van der Waals surface area contributed by atoms with E-state index in [1.165, 1.54) is 6.42 Å². The first kappa shape index (κ1) is 12.5. The first-order valence-corrected chi connectivity index (χ1v) is 5.85. The van der Waals surface area contributed by atoms with E-state index in [9.17, 15) is 4.79 Å². The Hall–Kier alpha value is -0.570. The Morgan fingerprint density at radius 2 is 2.00 bits per heavy atom. The van der Waals surface area contributed by atoms with Crippen LogP contribution < -0.4 is 10.6 Å². The minimum atomic E-state index is -0.139. The second-order valence-electron chi connectivity index (χ2n) is 5.84. The highest BCUT2D eigenvalue weighted by Crippen LogP contribution is 2.36. The molecule has 1 aliphatic rings. The van der Waals surface area contributed by atoms with Gasteiger partial charge in [-0.1, -0.05) is 6.92 Å². The van der Waals surface area contributed by atoms with Crippen molar-refractivity contribution in [1.29, 1.82) is 0 Å². The van der Waals surface area contributed by atoms with Crippen LogP contribution in [0.15, 0.2) is 0 Å². The van der Waals surface area contributed by atoms with Crippen molar-refractivity contribution in [2.75, 3.05) is 6.54 Å². The minimum Gasteiger partial charge on any atom is -0.350 e. The third kappa shape index (κ3) is 4.65. The van der Waals surface area contributed by atoms with Gasteiger partial charge in [-0.2, -0.15) is 0 Å². The smallest absolute Gasteiger partial charge is 0.237 e. The molecule has 0 radical (unpaired) electrons. The molecule has 3 heteroatoms. The maximum absolute atomic E-state index is 11.7. The van der Waals surface area contributed by atoms with Crippen LogP contribution in [-0.4, -0.2) is 24.0 Å². The Balaban J connectivity index is 2.21. The molecule has 0 aliphatic heterocycles. The number of hydrogen-bond donors (Lipinski definition) is 2. The molecule has 0 aromatic carbocycles. The van der Waals surface area contributed by atoms with Gasteiger partial charge in [-0.3, -0.25) is 4.79 Å². The highest BCUT2D eigenvalue weighted by molar-refractivity contribution is 5.81. The van der Waals surface area contributed by atoms with Crippen LogP contribution in [0.2, 0.25) is 0 Å². The lowest BCUT2D eigenvalue weighted by Crippen LogP contribution is -2.49. The lowest BCUT2D eigenvalue weighted by Gasteiger charge is -2.23. The molecule has 88 valence electrons. The molecule has 2 N–H and O–H groups in total. The van der Waals surface area contributed by atoms with Gasteiger partial charge in [0.15, 0.2) is 0 Å². The van der Waals surface area contributed by atoms with Crippen LogP contribution in [0, 0.1) is 11.8 Å². The van der Waals surface area contributed by atoms with Crippen molar-refractivity contribution in [3.63, 3.8) is 0 Å². The van der Waals surface area contributed by atoms with Gasteiger partial charge >= 0.3 is 0 Å². The SMILES string of the molecule is CC(NCC1CC1C)C(=O)NC(C)(C)C. The fraction of sp³-hybridized carbons (Fsp3) is 0.917. The maximum atomic E-state index is 11.7. The van der Waals surface area contributed by atoms with Crippen LogP contribution in [0.5, 0.6) is 0 Å². The fourth-order valence-electron chi connectivity index (χ4n) is 1.58. The van der Waals surface area contributed by atoms with Crippen molar-refractivity contribution in [1.82, 2.24) is 10.6 Å². The van der Waals surface area contributed by atoms with Crippen LogP contribution in [0.4, 0.5) is 0 Å². The lowest BCUT2D eigenvalue weighted by atomic mass is 10.1. The Labute approximate surface area is 93.0 Å². The van der Waals surface area contributed by atoms with Crippen LogP contribution in [-0.2, 0) is 4.79 Å². The van der Waals surface area contributed by atoms with Gasteiger partial charge in [0.1, 0.15) is 0 Å². The van der Waals surface area contributed by atoms with E-state index in [1.807, 2.05) is 27.7 Å². The molecule has 0 heterocycles. The van der Waals surface area contributed by atoms with Crippen molar-refractivity contribution in [3.05, 3.63) is 0 Å². The molecule has 0 aromatic rings. The normalized spacial score (nSPS) is 27.3. The second kappa shape index (κ2) is 4.52. The molecular formula is C12H24N2O. The Morgan fingerprint density at radius 1 is 1.47 bits per heavy atom. The molecule has 0 spiro atoms. The molecule has 0 bridgehead atoms. The van der Waals surface area contributed by atoms with E-state index in [-0.39, 0.29) is 17.5 Å². The van der Waals surface area contributed by atoms with Crippen LogP contribution in [0.1, 0.15) is 41.0 Å². The van der Waals surface area contributed by atoms with Crippen molar-refractivity contribution >= 4 is 5.91 Å². The number of hydrogen-bond acceptors (Lipinski definition) is 2. The van der Waals surface area contributed by atoms with Gasteiger partial charge in [-0.05, 0) is 52.5 Å². The molecule has 1 aliphatic carbocycles. The predicted octanol–water partition coefficient (Wildman–Crippen LogP) is 1.54. The molecule has 1 fully saturated rings. The van der Waals surface area contributed by atoms with Crippen molar-refractivity contribution in [2.24, 2.45) is 11.8 Å². The third-order valence-corrected chi connectivity index (χ3v) is 2.85. The fourth-order valence-corrected chi connectivity index (χ4v) is 1.58.